The predicted molar refractivity (Wildman–Crippen MR) is 167 cm³/mol. The van der Waals surface area contributed by atoms with Crippen molar-refractivity contribution >= 4 is 17.6 Å². The summed E-state index contributed by atoms with van der Waals surface area (Å²) in [5.41, 5.74) is 5.56. The lowest BCUT2D eigenvalue weighted by Crippen LogP contribution is -2.39. The minimum absolute atomic E-state index is 0.0287. The topological polar surface area (TPSA) is 108 Å². The first-order valence-corrected chi connectivity index (χ1v) is 14.9. The zero-order chi connectivity index (χ0) is 30.7. The zero-order valence-electron chi connectivity index (χ0n) is 24.5. The van der Waals surface area contributed by atoms with E-state index in [-0.39, 0.29) is 37.6 Å². The van der Waals surface area contributed by atoms with Crippen molar-refractivity contribution in [1.82, 2.24) is 4.90 Å². The van der Waals surface area contributed by atoms with Crippen LogP contribution in [0.25, 0.3) is 0 Å². The van der Waals surface area contributed by atoms with Gasteiger partial charge in [-0.25, -0.2) is 0 Å². The lowest BCUT2D eigenvalue weighted by molar-refractivity contribution is -0.253. The number of nitrogens with zero attached hydrogens (tertiary/aromatic N) is 1. The van der Waals surface area contributed by atoms with E-state index in [0.29, 0.717) is 18.7 Å². The van der Waals surface area contributed by atoms with Gasteiger partial charge < -0.3 is 25.0 Å². The van der Waals surface area contributed by atoms with Gasteiger partial charge in [-0.05, 0) is 34.4 Å². The Bertz CT molecular complexity index is 1450. The number of benzene rings is 4. The molecule has 8 heteroatoms. The van der Waals surface area contributed by atoms with Crippen molar-refractivity contribution in [3.8, 4) is 0 Å². The maximum Gasteiger partial charge on any atom is 0.303 e. The molecular weight excluding hydrogens is 556 g/mol. The van der Waals surface area contributed by atoms with Crippen molar-refractivity contribution in [2.45, 2.75) is 57.5 Å². The third kappa shape index (κ3) is 9.08. The van der Waals surface area contributed by atoms with Crippen molar-refractivity contribution < 1.29 is 29.3 Å². The van der Waals surface area contributed by atoms with Gasteiger partial charge in [-0.2, -0.15) is 0 Å². The van der Waals surface area contributed by atoms with Crippen LogP contribution in [0.1, 0.15) is 59.5 Å². The second-order valence-corrected chi connectivity index (χ2v) is 11.1. The Morgan fingerprint density at radius 2 is 1.41 bits per heavy atom. The number of carboxylic acids is 1. The molecule has 4 aromatic carbocycles. The van der Waals surface area contributed by atoms with Crippen molar-refractivity contribution in [3.05, 3.63) is 137 Å². The molecule has 0 spiro atoms. The summed E-state index contributed by atoms with van der Waals surface area (Å²) in [6.07, 6.45) is -0.819. The first kappa shape index (κ1) is 31.1. The summed E-state index contributed by atoms with van der Waals surface area (Å²) in [4.78, 5) is 25.6. The number of carbonyl (C=O) groups excluding carboxylic acids is 1. The first-order valence-electron chi connectivity index (χ1n) is 14.9. The van der Waals surface area contributed by atoms with Gasteiger partial charge in [-0.1, -0.05) is 97.1 Å². The highest BCUT2D eigenvalue weighted by Crippen LogP contribution is 2.39. The summed E-state index contributed by atoms with van der Waals surface area (Å²) < 4.78 is 13.1. The number of hydrogen-bond donors (Lipinski definition) is 3. The highest BCUT2D eigenvalue weighted by molar-refractivity contribution is 5.92. The second-order valence-electron chi connectivity index (χ2n) is 11.1. The number of anilines is 1. The molecule has 3 unspecified atom stereocenters. The van der Waals surface area contributed by atoms with Crippen LogP contribution in [-0.4, -0.2) is 39.6 Å². The Labute approximate surface area is 257 Å². The number of rotatable bonds is 13. The van der Waals surface area contributed by atoms with Gasteiger partial charge in [0.15, 0.2) is 6.29 Å². The minimum atomic E-state index is -1.02. The van der Waals surface area contributed by atoms with E-state index in [4.69, 9.17) is 14.6 Å². The summed E-state index contributed by atoms with van der Waals surface area (Å²) in [5, 5.41) is 21.2. The number of aliphatic carboxylic acids is 1. The van der Waals surface area contributed by atoms with Crippen molar-refractivity contribution in [1.29, 1.82) is 0 Å². The number of carbonyl (C=O) groups is 2. The van der Waals surface area contributed by atoms with Crippen molar-refractivity contribution in [2.75, 3.05) is 11.9 Å². The van der Waals surface area contributed by atoms with Gasteiger partial charge >= 0.3 is 5.97 Å². The molecule has 0 bridgehead atoms. The first-order chi connectivity index (χ1) is 21.4. The molecule has 228 valence electrons. The van der Waals surface area contributed by atoms with E-state index in [1.54, 1.807) is 6.07 Å². The monoisotopic (exact) mass is 594 g/mol. The molecule has 1 aliphatic heterocycles. The van der Waals surface area contributed by atoms with Crippen LogP contribution >= 0.6 is 0 Å². The van der Waals surface area contributed by atoms with Crippen LogP contribution in [-0.2, 0) is 38.8 Å². The number of hydrogen-bond acceptors (Lipinski definition) is 6. The molecule has 8 nitrogen and oxygen atoms in total. The SMILES string of the molecule is O=C(O)CCC(=O)Nc1cccc(C2OC(CN(Cc3ccccc3)Cc3ccccc3)CC(c3ccc(CO)cc3)O2)c1. The van der Waals surface area contributed by atoms with Gasteiger partial charge in [-0.15, -0.1) is 0 Å². The van der Waals surface area contributed by atoms with Gasteiger partial charge in [0.2, 0.25) is 5.91 Å². The summed E-state index contributed by atoms with van der Waals surface area (Å²) in [6, 6.07) is 35.9. The van der Waals surface area contributed by atoms with Crippen molar-refractivity contribution in [2.24, 2.45) is 0 Å². The fourth-order valence-corrected chi connectivity index (χ4v) is 5.40. The molecule has 0 aromatic heterocycles. The average molecular weight is 595 g/mol. The van der Waals surface area contributed by atoms with E-state index in [1.807, 2.05) is 54.6 Å². The lowest BCUT2D eigenvalue weighted by Gasteiger charge is -2.38. The molecule has 5 rings (SSSR count). The van der Waals surface area contributed by atoms with Gasteiger partial charge in [0.1, 0.15) is 0 Å². The molecule has 1 saturated heterocycles. The summed E-state index contributed by atoms with van der Waals surface area (Å²) in [6.45, 7) is 2.16. The van der Waals surface area contributed by atoms with Crippen LogP contribution in [0.3, 0.4) is 0 Å². The van der Waals surface area contributed by atoms with E-state index in [9.17, 15) is 14.7 Å². The Kier molecular flexibility index (Phi) is 10.9. The molecule has 1 fully saturated rings. The number of nitrogens with one attached hydrogen (secondary N) is 1. The smallest absolute Gasteiger partial charge is 0.303 e. The predicted octanol–water partition coefficient (Wildman–Crippen LogP) is 6.23. The van der Waals surface area contributed by atoms with E-state index in [0.717, 1.165) is 29.8 Å². The molecule has 44 heavy (non-hydrogen) atoms. The van der Waals surface area contributed by atoms with Crippen LogP contribution in [0.2, 0.25) is 0 Å². The zero-order valence-corrected chi connectivity index (χ0v) is 24.5. The molecule has 3 atom stereocenters. The maximum absolute atomic E-state index is 12.3. The molecular formula is C36H38N2O6. The average Bonchev–Trinajstić information content (AvgIpc) is 3.05. The third-order valence-electron chi connectivity index (χ3n) is 7.58. The standard InChI is InChI=1S/C36H38N2O6/c39-25-28-14-16-29(17-15-28)33-21-32(24-38(22-26-8-3-1-4-9-26)23-27-10-5-2-6-11-27)43-36(44-33)30-12-7-13-31(20-30)37-34(40)18-19-35(41)42/h1-17,20,32-33,36,39H,18-19,21-25H2,(H,37,40)(H,41,42). The molecule has 0 saturated carbocycles. The van der Waals surface area contributed by atoms with E-state index >= 15 is 0 Å². The minimum Gasteiger partial charge on any atom is -0.481 e. The molecule has 4 aromatic rings. The molecule has 0 aliphatic carbocycles. The van der Waals surface area contributed by atoms with Gasteiger partial charge in [0, 0.05) is 43.7 Å². The quantitative estimate of drug-likeness (QED) is 0.168. The summed E-state index contributed by atoms with van der Waals surface area (Å²) >= 11 is 0. The number of aliphatic hydroxyl groups excluding tert-OH is 1. The molecule has 1 aliphatic rings. The summed E-state index contributed by atoms with van der Waals surface area (Å²) in [5.74, 6) is -1.39. The number of amides is 1. The highest BCUT2D eigenvalue weighted by Gasteiger charge is 2.33. The molecule has 1 heterocycles. The molecule has 0 radical (unpaired) electrons. The lowest BCUT2D eigenvalue weighted by atomic mass is 9.99. The van der Waals surface area contributed by atoms with E-state index in [2.05, 4.69) is 58.7 Å². The second kappa shape index (κ2) is 15.4. The number of aliphatic hydroxyl groups is 1. The Hall–Kier alpha value is -4.34. The van der Waals surface area contributed by atoms with Crippen LogP contribution in [0, 0.1) is 0 Å². The highest BCUT2D eigenvalue weighted by atomic mass is 16.7. The Balaban J connectivity index is 1.38. The van der Waals surface area contributed by atoms with Crippen LogP contribution in [0.15, 0.2) is 109 Å². The van der Waals surface area contributed by atoms with Crippen molar-refractivity contribution in [3.63, 3.8) is 0 Å². The number of ether oxygens (including phenoxy) is 2. The van der Waals surface area contributed by atoms with Gasteiger partial charge in [0.25, 0.3) is 0 Å². The Morgan fingerprint density at radius 3 is 2.02 bits per heavy atom. The fourth-order valence-electron chi connectivity index (χ4n) is 5.40. The summed E-state index contributed by atoms with van der Waals surface area (Å²) in [7, 11) is 0. The van der Waals surface area contributed by atoms with E-state index in [1.165, 1.54) is 11.1 Å². The Morgan fingerprint density at radius 1 is 0.750 bits per heavy atom. The van der Waals surface area contributed by atoms with Gasteiger partial charge in [-0.3, -0.25) is 14.5 Å². The molecule has 3 N–H and O–H groups in total. The molecule has 1 amide bonds. The van der Waals surface area contributed by atoms with Crippen LogP contribution < -0.4 is 5.32 Å². The van der Waals surface area contributed by atoms with Crippen LogP contribution in [0.4, 0.5) is 5.69 Å². The largest absolute Gasteiger partial charge is 0.481 e. The maximum atomic E-state index is 12.3. The van der Waals surface area contributed by atoms with Crippen LogP contribution in [0.5, 0.6) is 0 Å². The number of carboxylic acid groups (broad SMARTS) is 1. The fraction of sp³-hybridized carbons (Fsp3) is 0.278. The van der Waals surface area contributed by atoms with E-state index < -0.39 is 12.3 Å². The van der Waals surface area contributed by atoms with Gasteiger partial charge in [0.05, 0.1) is 25.2 Å². The third-order valence-corrected chi connectivity index (χ3v) is 7.58. The normalized spacial score (nSPS) is 18.2.